The maximum Gasteiger partial charge on any atom is 0.242 e. The van der Waals surface area contributed by atoms with E-state index in [0.717, 1.165) is 23.1 Å². The molecule has 2 amide bonds. The van der Waals surface area contributed by atoms with Gasteiger partial charge in [0.2, 0.25) is 21.8 Å². The first-order chi connectivity index (χ1) is 16.0. The van der Waals surface area contributed by atoms with E-state index < -0.39 is 16.1 Å². The summed E-state index contributed by atoms with van der Waals surface area (Å²) in [6.07, 6.45) is 2.46. The van der Waals surface area contributed by atoms with Gasteiger partial charge in [0.25, 0.3) is 0 Å². The van der Waals surface area contributed by atoms with Crippen LogP contribution in [0, 0.1) is 13.8 Å². The average molecular weight is 488 g/mol. The van der Waals surface area contributed by atoms with Gasteiger partial charge in [0.05, 0.1) is 11.9 Å². The van der Waals surface area contributed by atoms with Gasteiger partial charge in [-0.3, -0.25) is 13.9 Å². The molecule has 1 N–H and O–H groups in total. The zero-order chi connectivity index (χ0) is 25.3. The maximum absolute atomic E-state index is 13.2. The molecule has 7 nitrogen and oxygen atoms in total. The zero-order valence-corrected chi connectivity index (χ0v) is 21.7. The first-order valence-electron chi connectivity index (χ1n) is 11.7. The maximum atomic E-state index is 13.2. The molecular weight excluding hydrogens is 450 g/mol. The van der Waals surface area contributed by atoms with Crippen molar-refractivity contribution >= 4 is 27.5 Å². The molecule has 0 unspecified atom stereocenters. The van der Waals surface area contributed by atoms with Gasteiger partial charge in [-0.1, -0.05) is 43.3 Å². The van der Waals surface area contributed by atoms with E-state index in [-0.39, 0.29) is 24.8 Å². The fraction of sp³-hybridized carbons (Fsp3) is 0.462. The number of anilines is 1. The lowest BCUT2D eigenvalue weighted by atomic mass is 10.1. The summed E-state index contributed by atoms with van der Waals surface area (Å²) in [7, 11) is -3.51. The van der Waals surface area contributed by atoms with E-state index in [1.807, 2.05) is 63.2 Å². The minimum absolute atomic E-state index is 0.134. The van der Waals surface area contributed by atoms with Crippen LogP contribution in [0.25, 0.3) is 0 Å². The van der Waals surface area contributed by atoms with Crippen LogP contribution in [-0.4, -0.2) is 50.5 Å². The van der Waals surface area contributed by atoms with Crippen molar-refractivity contribution in [3.05, 3.63) is 65.2 Å². The third-order valence-electron chi connectivity index (χ3n) is 5.84. The van der Waals surface area contributed by atoms with E-state index in [9.17, 15) is 18.0 Å². The molecule has 0 aliphatic heterocycles. The highest BCUT2D eigenvalue weighted by molar-refractivity contribution is 7.92. The van der Waals surface area contributed by atoms with Gasteiger partial charge in [-0.05, 0) is 62.4 Å². The third kappa shape index (κ3) is 7.87. The van der Waals surface area contributed by atoms with Crippen LogP contribution in [0.5, 0.6) is 0 Å². The van der Waals surface area contributed by atoms with Crippen LogP contribution < -0.4 is 9.62 Å². The molecule has 34 heavy (non-hydrogen) atoms. The summed E-state index contributed by atoms with van der Waals surface area (Å²) in [6, 6.07) is 14.4. The predicted octanol–water partition coefficient (Wildman–Crippen LogP) is 3.79. The molecule has 2 aromatic rings. The number of carbonyl (C=O) groups is 2. The normalized spacial score (nSPS) is 12.1. The van der Waals surface area contributed by atoms with Crippen LogP contribution in [0.15, 0.2) is 48.5 Å². The molecule has 0 spiro atoms. The summed E-state index contributed by atoms with van der Waals surface area (Å²) < 4.78 is 26.2. The Kier molecular flexibility index (Phi) is 10.1. The molecule has 0 bridgehead atoms. The molecule has 1 atom stereocenters. The number of hydrogen-bond acceptors (Lipinski definition) is 4. The van der Waals surface area contributed by atoms with Crippen molar-refractivity contribution in [3.63, 3.8) is 0 Å². The molecule has 8 heteroatoms. The summed E-state index contributed by atoms with van der Waals surface area (Å²) in [4.78, 5) is 27.4. The predicted molar refractivity (Wildman–Crippen MR) is 137 cm³/mol. The number of sulfonamides is 1. The largest absolute Gasteiger partial charge is 0.354 e. The van der Waals surface area contributed by atoms with Crippen molar-refractivity contribution in [1.82, 2.24) is 10.2 Å². The highest BCUT2D eigenvalue weighted by atomic mass is 32.2. The second-order valence-electron chi connectivity index (χ2n) is 8.68. The van der Waals surface area contributed by atoms with E-state index in [4.69, 9.17) is 0 Å². The number of rotatable bonds is 12. The Morgan fingerprint density at radius 3 is 2.29 bits per heavy atom. The lowest BCUT2D eigenvalue weighted by Crippen LogP contribution is -2.47. The highest BCUT2D eigenvalue weighted by Crippen LogP contribution is 2.22. The van der Waals surface area contributed by atoms with Crippen LogP contribution in [0.2, 0.25) is 0 Å². The van der Waals surface area contributed by atoms with Gasteiger partial charge in [-0.15, -0.1) is 0 Å². The van der Waals surface area contributed by atoms with Crippen molar-refractivity contribution in [2.24, 2.45) is 0 Å². The first kappa shape index (κ1) is 27.4. The van der Waals surface area contributed by atoms with Crippen LogP contribution >= 0.6 is 0 Å². The van der Waals surface area contributed by atoms with Gasteiger partial charge in [0, 0.05) is 26.1 Å². The number of amides is 2. The third-order valence-corrected chi connectivity index (χ3v) is 7.04. The van der Waals surface area contributed by atoms with Gasteiger partial charge in [-0.2, -0.15) is 0 Å². The zero-order valence-electron chi connectivity index (χ0n) is 20.9. The molecule has 0 saturated carbocycles. The monoisotopic (exact) mass is 487 g/mol. The van der Waals surface area contributed by atoms with E-state index in [1.165, 1.54) is 10.6 Å². The van der Waals surface area contributed by atoms with E-state index in [1.54, 1.807) is 17.9 Å². The second-order valence-corrected chi connectivity index (χ2v) is 10.6. The fourth-order valence-electron chi connectivity index (χ4n) is 3.64. The minimum atomic E-state index is -3.51. The molecule has 0 aliphatic carbocycles. The van der Waals surface area contributed by atoms with Crippen molar-refractivity contribution in [3.8, 4) is 0 Å². The summed E-state index contributed by atoms with van der Waals surface area (Å²) in [6.45, 7) is 8.66. The van der Waals surface area contributed by atoms with Gasteiger partial charge in [0.15, 0.2) is 0 Å². The Hall–Kier alpha value is -2.87. The van der Waals surface area contributed by atoms with Crippen LogP contribution in [0.4, 0.5) is 5.69 Å². The molecule has 0 radical (unpaired) electrons. The average Bonchev–Trinajstić information content (AvgIpc) is 2.80. The number of benzene rings is 2. The summed E-state index contributed by atoms with van der Waals surface area (Å²) in [5.41, 5.74) is 3.60. The van der Waals surface area contributed by atoms with Crippen LogP contribution in [-0.2, 0) is 26.2 Å². The van der Waals surface area contributed by atoms with E-state index >= 15 is 0 Å². The Balaban J connectivity index is 2.14. The molecule has 2 aromatic carbocycles. The smallest absolute Gasteiger partial charge is 0.242 e. The first-order valence-corrected chi connectivity index (χ1v) is 13.6. The van der Waals surface area contributed by atoms with Gasteiger partial charge >= 0.3 is 0 Å². The molecule has 2 rings (SSSR count). The SMILES string of the molecule is CCCNC(=O)[C@H](C)N(Cc1ccccc1)C(=O)CCCN(c1ccc(C)c(C)c1)S(C)(=O)=O. The van der Waals surface area contributed by atoms with E-state index in [0.29, 0.717) is 25.2 Å². The number of nitrogens with zero attached hydrogens (tertiary/aromatic N) is 2. The molecule has 0 aliphatic rings. The van der Waals surface area contributed by atoms with Gasteiger partial charge in [-0.25, -0.2) is 8.42 Å². The molecule has 0 saturated heterocycles. The topological polar surface area (TPSA) is 86.8 Å². The number of aryl methyl sites for hydroxylation is 2. The summed E-state index contributed by atoms with van der Waals surface area (Å²) in [5, 5.41) is 2.86. The van der Waals surface area contributed by atoms with Crippen molar-refractivity contribution in [1.29, 1.82) is 0 Å². The molecule has 0 heterocycles. The number of nitrogens with one attached hydrogen (secondary N) is 1. The molecular formula is C26H37N3O4S. The van der Waals surface area contributed by atoms with Crippen molar-refractivity contribution < 1.29 is 18.0 Å². The summed E-state index contributed by atoms with van der Waals surface area (Å²) in [5.74, 6) is -0.379. The number of hydrogen-bond donors (Lipinski definition) is 1. The second kappa shape index (κ2) is 12.6. The lowest BCUT2D eigenvalue weighted by Gasteiger charge is -2.29. The molecule has 0 aromatic heterocycles. The Labute approximate surface area is 204 Å². The Morgan fingerprint density at radius 2 is 1.71 bits per heavy atom. The molecule has 0 fully saturated rings. The summed E-state index contributed by atoms with van der Waals surface area (Å²) >= 11 is 0. The fourth-order valence-corrected chi connectivity index (χ4v) is 4.60. The van der Waals surface area contributed by atoms with Gasteiger partial charge < -0.3 is 10.2 Å². The van der Waals surface area contributed by atoms with Crippen molar-refractivity contribution in [2.75, 3.05) is 23.7 Å². The Morgan fingerprint density at radius 1 is 1.03 bits per heavy atom. The van der Waals surface area contributed by atoms with Crippen molar-refractivity contribution in [2.45, 2.75) is 59.5 Å². The lowest BCUT2D eigenvalue weighted by molar-refractivity contribution is -0.140. The van der Waals surface area contributed by atoms with Gasteiger partial charge in [0.1, 0.15) is 6.04 Å². The number of carbonyl (C=O) groups excluding carboxylic acids is 2. The van der Waals surface area contributed by atoms with E-state index in [2.05, 4.69) is 5.32 Å². The minimum Gasteiger partial charge on any atom is -0.354 e. The van der Waals surface area contributed by atoms with Crippen LogP contribution in [0.3, 0.4) is 0 Å². The molecule has 186 valence electrons. The standard InChI is InChI=1S/C26H37N3O4S/c1-6-16-27-26(31)22(4)28(19-23-11-8-7-9-12-23)25(30)13-10-17-29(34(5,32)33)24-15-14-20(2)21(3)18-24/h7-9,11-12,14-15,18,22H,6,10,13,16-17,19H2,1-5H3,(H,27,31)/t22-/m0/s1. The van der Waals surface area contributed by atoms with Crippen LogP contribution in [0.1, 0.15) is 49.8 Å². The highest BCUT2D eigenvalue weighted by Gasteiger charge is 2.26. The Bertz CT molecular complexity index is 1070. The quantitative estimate of drug-likeness (QED) is 0.493.